The Morgan fingerprint density at radius 3 is 2.20 bits per heavy atom. The fourth-order valence-electron chi connectivity index (χ4n) is 3.40. The fraction of sp³-hybridized carbons (Fsp3) is 0.261. The first-order chi connectivity index (χ1) is 14.4. The molecule has 0 aromatic heterocycles. The summed E-state index contributed by atoms with van der Waals surface area (Å²) in [5.41, 5.74) is 4.88. The highest BCUT2D eigenvalue weighted by atomic mass is 16.5. The summed E-state index contributed by atoms with van der Waals surface area (Å²) in [6.07, 6.45) is 0.922. The van der Waals surface area contributed by atoms with Crippen LogP contribution in [0.2, 0.25) is 0 Å². The number of carboxylic acid groups (broad SMARTS) is 1. The Hall–Kier alpha value is -3.61. The van der Waals surface area contributed by atoms with Crippen molar-refractivity contribution in [3.63, 3.8) is 0 Å². The molecule has 7 heteroatoms. The topological polar surface area (TPSA) is 105 Å². The van der Waals surface area contributed by atoms with Crippen molar-refractivity contribution in [1.82, 2.24) is 10.6 Å². The Labute approximate surface area is 174 Å². The molecule has 1 aliphatic carbocycles. The van der Waals surface area contributed by atoms with Gasteiger partial charge in [-0.1, -0.05) is 54.6 Å². The SMILES string of the molecule is C/C(=C\CNC(=O)OCC1c2ccccc2-c2ccccc21)C(=O)N[C@@H](C)C(=O)O. The standard InChI is InChI=1S/C23H24N2O5/c1-14(21(26)25-15(2)22(27)28)11-12-24-23(29)30-13-20-18-9-5-3-7-16(18)17-8-4-6-10-19(17)20/h3-11,15,20H,12-13H2,1-2H3,(H,24,29)(H,25,26)(H,27,28)/b14-11+/t15-/m0/s1. The number of carboxylic acids is 1. The van der Waals surface area contributed by atoms with E-state index in [0.717, 1.165) is 22.3 Å². The van der Waals surface area contributed by atoms with Crippen LogP contribution in [0.3, 0.4) is 0 Å². The second-order valence-corrected chi connectivity index (χ2v) is 7.13. The number of ether oxygens (including phenoxy) is 1. The molecule has 30 heavy (non-hydrogen) atoms. The molecule has 1 atom stereocenters. The Kier molecular flexibility index (Phi) is 6.51. The Morgan fingerprint density at radius 1 is 1.07 bits per heavy atom. The predicted molar refractivity (Wildman–Crippen MR) is 112 cm³/mol. The highest BCUT2D eigenvalue weighted by molar-refractivity contribution is 5.95. The van der Waals surface area contributed by atoms with Crippen molar-refractivity contribution in [2.75, 3.05) is 13.2 Å². The summed E-state index contributed by atoms with van der Waals surface area (Å²) >= 11 is 0. The van der Waals surface area contributed by atoms with Gasteiger partial charge in [0.2, 0.25) is 5.91 Å². The van der Waals surface area contributed by atoms with Crippen LogP contribution in [0.1, 0.15) is 30.9 Å². The molecule has 3 N–H and O–H groups in total. The summed E-state index contributed by atoms with van der Waals surface area (Å²) < 4.78 is 5.42. The summed E-state index contributed by atoms with van der Waals surface area (Å²) in [6, 6.07) is 15.2. The Bertz CT molecular complexity index is 953. The number of alkyl carbamates (subject to hydrolysis) is 1. The average molecular weight is 408 g/mol. The second kappa shape index (κ2) is 9.26. The lowest BCUT2D eigenvalue weighted by Gasteiger charge is -2.14. The highest BCUT2D eigenvalue weighted by Gasteiger charge is 2.28. The van der Waals surface area contributed by atoms with Crippen LogP contribution in [0.15, 0.2) is 60.2 Å². The van der Waals surface area contributed by atoms with Crippen LogP contribution in [-0.4, -0.2) is 42.3 Å². The van der Waals surface area contributed by atoms with E-state index in [-0.39, 0.29) is 19.1 Å². The molecule has 0 unspecified atom stereocenters. The van der Waals surface area contributed by atoms with Crippen LogP contribution in [0, 0.1) is 0 Å². The van der Waals surface area contributed by atoms with Crippen molar-refractivity contribution in [2.24, 2.45) is 0 Å². The molecule has 0 bridgehead atoms. The number of benzene rings is 2. The van der Waals surface area contributed by atoms with Crippen molar-refractivity contribution >= 4 is 18.0 Å². The van der Waals surface area contributed by atoms with Gasteiger partial charge < -0.3 is 20.5 Å². The largest absolute Gasteiger partial charge is 0.480 e. The van der Waals surface area contributed by atoms with Gasteiger partial charge in [0.05, 0.1) is 0 Å². The molecule has 0 heterocycles. The molecule has 156 valence electrons. The van der Waals surface area contributed by atoms with Crippen molar-refractivity contribution in [2.45, 2.75) is 25.8 Å². The minimum absolute atomic E-state index is 0.0243. The van der Waals surface area contributed by atoms with Gasteiger partial charge in [0.15, 0.2) is 0 Å². The van der Waals surface area contributed by atoms with Crippen LogP contribution >= 0.6 is 0 Å². The summed E-state index contributed by atoms with van der Waals surface area (Å²) in [5, 5.41) is 13.8. The van der Waals surface area contributed by atoms with E-state index in [1.807, 2.05) is 36.4 Å². The average Bonchev–Trinajstić information content (AvgIpc) is 3.05. The van der Waals surface area contributed by atoms with Gasteiger partial charge in [0.25, 0.3) is 0 Å². The van der Waals surface area contributed by atoms with Crippen LogP contribution in [-0.2, 0) is 14.3 Å². The molecule has 0 aliphatic heterocycles. The minimum atomic E-state index is -1.12. The molecule has 2 aromatic carbocycles. The number of rotatable bonds is 7. The van der Waals surface area contributed by atoms with Crippen LogP contribution < -0.4 is 10.6 Å². The highest BCUT2D eigenvalue weighted by Crippen LogP contribution is 2.44. The van der Waals surface area contributed by atoms with E-state index < -0.39 is 24.0 Å². The lowest BCUT2D eigenvalue weighted by molar-refractivity contribution is -0.140. The van der Waals surface area contributed by atoms with Gasteiger partial charge in [-0.3, -0.25) is 9.59 Å². The van der Waals surface area contributed by atoms with Crippen LogP contribution in [0.4, 0.5) is 4.79 Å². The molecule has 3 rings (SSSR count). The number of hydrogen-bond acceptors (Lipinski definition) is 4. The third-order valence-electron chi connectivity index (χ3n) is 5.07. The van der Waals surface area contributed by atoms with E-state index in [4.69, 9.17) is 9.84 Å². The number of amides is 2. The third kappa shape index (κ3) is 4.68. The first-order valence-electron chi connectivity index (χ1n) is 9.67. The van der Waals surface area contributed by atoms with E-state index in [1.165, 1.54) is 13.0 Å². The van der Waals surface area contributed by atoms with Crippen molar-refractivity contribution in [1.29, 1.82) is 0 Å². The quantitative estimate of drug-likeness (QED) is 0.611. The molecular formula is C23H24N2O5. The number of carbonyl (C=O) groups excluding carboxylic acids is 2. The van der Waals surface area contributed by atoms with Crippen LogP contribution in [0.25, 0.3) is 11.1 Å². The zero-order valence-electron chi connectivity index (χ0n) is 16.8. The van der Waals surface area contributed by atoms with Crippen LogP contribution in [0.5, 0.6) is 0 Å². The normalized spacial score (nSPS) is 13.7. The molecular weight excluding hydrogens is 384 g/mol. The van der Waals surface area contributed by atoms with Gasteiger partial charge in [-0.15, -0.1) is 0 Å². The van der Waals surface area contributed by atoms with Crippen molar-refractivity contribution < 1.29 is 24.2 Å². The lowest BCUT2D eigenvalue weighted by atomic mass is 9.98. The smallest absolute Gasteiger partial charge is 0.407 e. The van der Waals surface area contributed by atoms with E-state index in [0.29, 0.717) is 5.57 Å². The first-order valence-corrected chi connectivity index (χ1v) is 9.67. The van der Waals surface area contributed by atoms with Crippen molar-refractivity contribution in [3.05, 3.63) is 71.3 Å². The van der Waals surface area contributed by atoms with Gasteiger partial charge in [-0.25, -0.2) is 4.79 Å². The summed E-state index contributed by atoms with van der Waals surface area (Å²) in [5.74, 6) is -1.64. The number of aliphatic carboxylic acids is 1. The van der Waals surface area contributed by atoms with E-state index in [9.17, 15) is 14.4 Å². The molecule has 7 nitrogen and oxygen atoms in total. The maximum Gasteiger partial charge on any atom is 0.407 e. The van der Waals surface area contributed by atoms with E-state index >= 15 is 0 Å². The van der Waals surface area contributed by atoms with Gasteiger partial charge in [-0.2, -0.15) is 0 Å². The van der Waals surface area contributed by atoms with E-state index in [2.05, 4.69) is 22.8 Å². The Morgan fingerprint density at radius 2 is 1.63 bits per heavy atom. The molecule has 0 spiro atoms. The van der Waals surface area contributed by atoms with Crippen molar-refractivity contribution in [3.8, 4) is 11.1 Å². The molecule has 1 aliphatic rings. The van der Waals surface area contributed by atoms with E-state index in [1.54, 1.807) is 6.92 Å². The number of nitrogens with one attached hydrogen (secondary N) is 2. The van der Waals surface area contributed by atoms with Gasteiger partial charge in [-0.05, 0) is 36.1 Å². The zero-order chi connectivity index (χ0) is 21.7. The third-order valence-corrected chi connectivity index (χ3v) is 5.07. The van der Waals surface area contributed by atoms with Gasteiger partial charge in [0.1, 0.15) is 12.6 Å². The lowest BCUT2D eigenvalue weighted by Crippen LogP contribution is -2.38. The molecule has 2 amide bonds. The zero-order valence-corrected chi connectivity index (χ0v) is 16.8. The summed E-state index contributed by atoms with van der Waals surface area (Å²) in [6.45, 7) is 3.22. The maximum absolute atomic E-state index is 12.1. The molecule has 2 aromatic rings. The minimum Gasteiger partial charge on any atom is -0.480 e. The Balaban J connectivity index is 1.53. The second-order valence-electron chi connectivity index (χ2n) is 7.13. The first kappa shape index (κ1) is 21.1. The van der Waals surface area contributed by atoms with Gasteiger partial charge in [0, 0.05) is 18.0 Å². The summed E-state index contributed by atoms with van der Waals surface area (Å²) in [7, 11) is 0. The number of carbonyl (C=O) groups is 3. The summed E-state index contributed by atoms with van der Waals surface area (Å²) in [4.78, 5) is 34.8. The van der Waals surface area contributed by atoms with Gasteiger partial charge >= 0.3 is 12.1 Å². The molecule has 0 saturated heterocycles. The number of fused-ring (bicyclic) bond motifs is 3. The maximum atomic E-state index is 12.1. The number of hydrogen-bond donors (Lipinski definition) is 3. The molecule has 0 saturated carbocycles. The molecule has 0 fully saturated rings. The fourth-order valence-corrected chi connectivity index (χ4v) is 3.40. The molecule has 0 radical (unpaired) electrons. The predicted octanol–water partition coefficient (Wildman–Crippen LogP) is 3.06. The monoisotopic (exact) mass is 408 g/mol.